The lowest BCUT2D eigenvalue weighted by Crippen LogP contribution is -2.52. The normalized spacial score (nSPS) is 17.7. The van der Waals surface area contributed by atoms with Crippen molar-refractivity contribution in [1.29, 1.82) is 0 Å². The Hall–Kier alpha value is -2.83. The smallest absolute Gasteiger partial charge is 0.255 e. The minimum atomic E-state index is -0.821. The number of carbonyl (C=O) groups excluding carboxylic acids is 2. The number of carbonyl (C=O) groups is 2. The minimum absolute atomic E-state index is 0.177. The Bertz CT molecular complexity index is 782. The Morgan fingerprint density at radius 3 is 2.75 bits per heavy atom. The lowest BCUT2D eigenvalue weighted by atomic mass is 10.0. The summed E-state index contributed by atoms with van der Waals surface area (Å²) in [7, 11) is 0. The molecule has 2 aromatic rings. The molecule has 3 rings (SSSR count). The van der Waals surface area contributed by atoms with Gasteiger partial charge >= 0.3 is 0 Å². The Morgan fingerprint density at radius 2 is 2.00 bits per heavy atom. The highest BCUT2D eigenvalue weighted by atomic mass is 19.1. The molecule has 1 fully saturated rings. The summed E-state index contributed by atoms with van der Waals surface area (Å²) in [6, 6.07) is 6.39. The van der Waals surface area contributed by atoms with Crippen molar-refractivity contribution in [1.82, 2.24) is 10.3 Å². The van der Waals surface area contributed by atoms with E-state index in [1.165, 1.54) is 29.3 Å². The molecule has 2 amide bonds. The third-order valence-electron chi connectivity index (χ3n) is 3.90. The number of hydrogen-bond donors (Lipinski definition) is 1. The van der Waals surface area contributed by atoms with Crippen molar-refractivity contribution < 1.29 is 18.4 Å². The van der Waals surface area contributed by atoms with Gasteiger partial charge in [0.05, 0.1) is 17.4 Å². The van der Waals surface area contributed by atoms with Crippen molar-refractivity contribution in [2.75, 3.05) is 11.4 Å². The highest BCUT2D eigenvalue weighted by molar-refractivity contribution is 6.02. The van der Waals surface area contributed by atoms with Crippen LogP contribution < -0.4 is 10.2 Å². The molecule has 2 heterocycles. The average Bonchev–Trinajstić information content (AvgIpc) is 2.58. The van der Waals surface area contributed by atoms with Gasteiger partial charge < -0.3 is 10.2 Å². The van der Waals surface area contributed by atoms with Crippen molar-refractivity contribution in [3.63, 3.8) is 0 Å². The molecule has 1 aromatic heterocycles. The van der Waals surface area contributed by atoms with Crippen LogP contribution >= 0.6 is 0 Å². The van der Waals surface area contributed by atoms with Crippen LogP contribution in [0.4, 0.5) is 14.5 Å². The molecule has 24 heavy (non-hydrogen) atoms. The van der Waals surface area contributed by atoms with E-state index in [1.54, 1.807) is 12.1 Å². The molecule has 1 atom stereocenters. The molecule has 124 valence electrons. The number of amides is 2. The molecule has 7 heteroatoms. The van der Waals surface area contributed by atoms with Gasteiger partial charge in [0, 0.05) is 12.7 Å². The van der Waals surface area contributed by atoms with Crippen molar-refractivity contribution in [2.24, 2.45) is 0 Å². The second-order valence-electron chi connectivity index (χ2n) is 5.47. The summed E-state index contributed by atoms with van der Waals surface area (Å²) < 4.78 is 27.5. The molecular weight excluding hydrogens is 316 g/mol. The zero-order valence-corrected chi connectivity index (χ0v) is 12.7. The van der Waals surface area contributed by atoms with Gasteiger partial charge in [-0.1, -0.05) is 12.1 Å². The molecule has 1 aliphatic rings. The SMILES string of the molecule is O=C(N[C@H]1CCCN(c2ccccc2F)C1=O)c1ccncc1F. The highest BCUT2D eigenvalue weighted by Gasteiger charge is 2.32. The lowest BCUT2D eigenvalue weighted by molar-refractivity contribution is -0.121. The minimum Gasteiger partial charge on any atom is -0.340 e. The van der Waals surface area contributed by atoms with Crippen LogP contribution in [0.5, 0.6) is 0 Å². The van der Waals surface area contributed by atoms with Crippen LogP contribution in [0.1, 0.15) is 23.2 Å². The van der Waals surface area contributed by atoms with Crippen LogP contribution in [0.25, 0.3) is 0 Å². The van der Waals surface area contributed by atoms with Gasteiger partial charge in [0.15, 0.2) is 5.82 Å². The summed E-state index contributed by atoms with van der Waals surface area (Å²) in [5.41, 5.74) is -0.00245. The predicted octanol–water partition coefficient (Wildman–Crippen LogP) is 2.29. The quantitative estimate of drug-likeness (QED) is 0.939. The van der Waals surface area contributed by atoms with Crippen molar-refractivity contribution >= 4 is 17.5 Å². The molecule has 1 aliphatic heterocycles. The van der Waals surface area contributed by atoms with Gasteiger partial charge in [-0.2, -0.15) is 0 Å². The van der Waals surface area contributed by atoms with Crippen LogP contribution in [0.3, 0.4) is 0 Å². The average molecular weight is 331 g/mol. The van der Waals surface area contributed by atoms with Crippen LogP contribution in [0.2, 0.25) is 0 Å². The van der Waals surface area contributed by atoms with E-state index in [-0.39, 0.29) is 11.3 Å². The summed E-state index contributed by atoms with van der Waals surface area (Å²) in [4.78, 5) is 29.6. The van der Waals surface area contributed by atoms with Crippen LogP contribution in [0.15, 0.2) is 42.7 Å². The van der Waals surface area contributed by atoms with E-state index in [1.807, 2.05) is 0 Å². The van der Waals surface area contributed by atoms with Crippen molar-refractivity contribution in [3.8, 4) is 0 Å². The van der Waals surface area contributed by atoms with E-state index in [0.29, 0.717) is 19.4 Å². The number of anilines is 1. The standard InChI is InChI=1S/C17H15F2N3O2/c18-12-4-1-2-6-15(12)22-9-3-5-14(17(22)24)21-16(23)11-7-8-20-10-13(11)19/h1-2,4,6-8,10,14H,3,5,9H2,(H,21,23)/t14-/m0/s1. The van der Waals surface area contributed by atoms with E-state index in [4.69, 9.17) is 0 Å². The Morgan fingerprint density at radius 1 is 1.21 bits per heavy atom. The molecule has 0 bridgehead atoms. The Balaban J connectivity index is 1.77. The maximum atomic E-state index is 13.9. The fraction of sp³-hybridized carbons (Fsp3) is 0.235. The first-order valence-corrected chi connectivity index (χ1v) is 7.54. The summed E-state index contributed by atoms with van der Waals surface area (Å²) >= 11 is 0. The molecule has 5 nitrogen and oxygen atoms in total. The zero-order chi connectivity index (χ0) is 17.1. The molecule has 0 unspecified atom stereocenters. The van der Waals surface area contributed by atoms with Crippen LogP contribution in [-0.2, 0) is 4.79 Å². The number of aromatic nitrogens is 1. The zero-order valence-electron chi connectivity index (χ0n) is 12.7. The van der Waals surface area contributed by atoms with Crippen LogP contribution in [-0.4, -0.2) is 29.4 Å². The fourth-order valence-electron chi connectivity index (χ4n) is 2.71. The first-order chi connectivity index (χ1) is 11.6. The van der Waals surface area contributed by atoms with Gasteiger partial charge in [-0.3, -0.25) is 14.6 Å². The number of piperidine rings is 1. The van der Waals surface area contributed by atoms with Crippen LogP contribution in [0, 0.1) is 11.6 Å². The summed E-state index contributed by atoms with van der Waals surface area (Å²) in [6.07, 6.45) is 3.25. The number of nitrogens with zero attached hydrogens (tertiary/aromatic N) is 2. The largest absolute Gasteiger partial charge is 0.340 e. The molecule has 1 N–H and O–H groups in total. The van der Waals surface area contributed by atoms with Gasteiger partial charge in [-0.05, 0) is 31.0 Å². The topological polar surface area (TPSA) is 62.3 Å². The van der Waals surface area contributed by atoms with Gasteiger partial charge in [-0.25, -0.2) is 8.78 Å². The molecule has 0 aliphatic carbocycles. The Labute approximate surface area is 137 Å². The van der Waals surface area contributed by atoms with Gasteiger partial charge in [-0.15, -0.1) is 0 Å². The molecule has 0 radical (unpaired) electrons. The fourth-order valence-corrected chi connectivity index (χ4v) is 2.71. The molecule has 0 spiro atoms. The first kappa shape index (κ1) is 16.0. The van der Waals surface area contributed by atoms with E-state index < -0.39 is 29.5 Å². The number of hydrogen-bond acceptors (Lipinski definition) is 3. The highest BCUT2D eigenvalue weighted by Crippen LogP contribution is 2.24. The number of para-hydroxylation sites is 1. The Kier molecular flexibility index (Phi) is 4.50. The summed E-state index contributed by atoms with van der Waals surface area (Å²) in [5, 5.41) is 2.52. The summed E-state index contributed by atoms with van der Waals surface area (Å²) in [5.74, 6) is -2.36. The van der Waals surface area contributed by atoms with Crippen molar-refractivity contribution in [3.05, 3.63) is 59.9 Å². The third-order valence-corrected chi connectivity index (χ3v) is 3.90. The molecular formula is C17H15F2N3O2. The number of rotatable bonds is 3. The van der Waals surface area contributed by atoms with E-state index >= 15 is 0 Å². The maximum Gasteiger partial charge on any atom is 0.255 e. The molecule has 0 saturated carbocycles. The first-order valence-electron chi connectivity index (χ1n) is 7.54. The van der Waals surface area contributed by atoms with Gasteiger partial charge in [0.25, 0.3) is 5.91 Å². The van der Waals surface area contributed by atoms with E-state index in [9.17, 15) is 18.4 Å². The molecule has 1 saturated heterocycles. The predicted molar refractivity (Wildman–Crippen MR) is 83.4 cm³/mol. The van der Waals surface area contributed by atoms with E-state index in [2.05, 4.69) is 10.3 Å². The number of benzene rings is 1. The number of pyridine rings is 1. The lowest BCUT2D eigenvalue weighted by Gasteiger charge is -2.32. The third kappa shape index (κ3) is 3.10. The number of halogens is 2. The summed E-state index contributed by atoms with van der Waals surface area (Å²) in [6.45, 7) is 0.371. The van der Waals surface area contributed by atoms with E-state index in [0.717, 1.165) is 6.20 Å². The van der Waals surface area contributed by atoms with Gasteiger partial charge in [0.1, 0.15) is 11.9 Å². The second kappa shape index (κ2) is 6.74. The second-order valence-corrected chi connectivity index (χ2v) is 5.47. The van der Waals surface area contributed by atoms with Gasteiger partial charge in [0.2, 0.25) is 5.91 Å². The maximum absolute atomic E-state index is 13.9. The monoisotopic (exact) mass is 331 g/mol. The number of nitrogens with one attached hydrogen (secondary N) is 1. The van der Waals surface area contributed by atoms with Crippen molar-refractivity contribution in [2.45, 2.75) is 18.9 Å². The molecule has 1 aromatic carbocycles.